The first-order chi connectivity index (χ1) is 25.3. The van der Waals surface area contributed by atoms with Gasteiger partial charge in [-0.3, -0.25) is 0 Å². The Morgan fingerprint density at radius 3 is 1.51 bits per heavy atom. The Balaban J connectivity index is 1.17. The monoisotopic (exact) mass is 653 g/mol. The zero-order valence-electron chi connectivity index (χ0n) is 27.7. The number of hydrogen-bond donors (Lipinski definition) is 0. The van der Waals surface area contributed by atoms with Crippen LogP contribution in [0.15, 0.2) is 197 Å². The van der Waals surface area contributed by atoms with Gasteiger partial charge in [-0.15, -0.1) is 0 Å². The van der Waals surface area contributed by atoms with E-state index in [-0.39, 0.29) is 0 Å². The lowest BCUT2D eigenvalue weighted by Crippen LogP contribution is -2.09. The van der Waals surface area contributed by atoms with E-state index < -0.39 is 0 Å². The first-order valence-electron chi connectivity index (χ1n) is 17.3. The van der Waals surface area contributed by atoms with Gasteiger partial charge in [-0.05, 0) is 82.4 Å². The van der Waals surface area contributed by atoms with Crippen molar-refractivity contribution in [3.63, 3.8) is 0 Å². The number of nitrogens with zero attached hydrogens (tertiary/aromatic N) is 1. The van der Waals surface area contributed by atoms with Crippen LogP contribution in [0, 0.1) is 0 Å². The van der Waals surface area contributed by atoms with E-state index in [1.165, 1.54) is 22.3 Å². The maximum absolute atomic E-state index is 6.83. The molecule has 0 amide bonds. The lowest BCUT2D eigenvalue weighted by molar-refractivity contribution is 0.664. The number of furan rings is 2. The van der Waals surface area contributed by atoms with Crippen LogP contribution >= 0.6 is 0 Å². The number of para-hydroxylation sites is 2. The third kappa shape index (κ3) is 4.98. The summed E-state index contributed by atoms with van der Waals surface area (Å²) in [4.78, 5) is 2.30. The summed E-state index contributed by atoms with van der Waals surface area (Å²) in [7, 11) is 0. The van der Waals surface area contributed by atoms with E-state index in [0.717, 1.165) is 72.1 Å². The van der Waals surface area contributed by atoms with Crippen LogP contribution in [-0.2, 0) is 0 Å². The van der Waals surface area contributed by atoms with Crippen molar-refractivity contribution in [2.24, 2.45) is 0 Å². The largest absolute Gasteiger partial charge is 0.456 e. The molecular weight excluding hydrogens is 623 g/mol. The molecule has 0 fully saturated rings. The number of anilines is 3. The van der Waals surface area contributed by atoms with Gasteiger partial charge < -0.3 is 13.7 Å². The van der Waals surface area contributed by atoms with Crippen molar-refractivity contribution >= 4 is 60.9 Å². The van der Waals surface area contributed by atoms with Crippen LogP contribution in [0.4, 0.5) is 17.1 Å². The quantitative estimate of drug-likeness (QED) is 0.179. The van der Waals surface area contributed by atoms with Gasteiger partial charge in [0.2, 0.25) is 0 Å². The Labute approximate surface area is 295 Å². The SMILES string of the molecule is c1ccc(-c2ccc(-c3c4oc5ccc(N(c6ccccc6)c6ccc(-c7ccccc7)cc6)cc5c4cc4oc5ccccc5c34)cc2)cc1. The molecular formula is C48H31NO2. The van der Waals surface area contributed by atoms with Crippen molar-refractivity contribution in [1.82, 2.24) is 0 Å². The van der Waals surface area contributed by atoms with Crippen molar-refractivity contribution in [3.8, 4) is 33.4 Å². The standard InChI is InChI=1S/C48H31NO2/c1-4-12-32(13-5-1)34-20-22-36(23-21-34)46-47-40-18-10-11-19-43(40)50-45(47)31-42-41-30-39(28-29-44(41)51-48(42)46)49(37-16-8-3-9-17-37)38-26-24-35(25-27-38)33-14-6-2-7-15-33/h1-31H. The van der Waals surface area contributed by atoms with Crippen LogP contribution in [0.1, 0.15) is 0 Å². The third-order valence-corrected chi connectivity index (χ3v) is 9.87. The molecule has 51 heavy (non-hydrogen) atoms. The topological polar surface area (TPSA) is 29.5 Å². The summed E-state index contributed by atoms with van der Waals surface area (Å²) in [6, 6.07) is 66.0. The van der Waals surface area contributed by atoms with E-state index in [1.54, 1.807) is 0 Å². The summed E-state index contributed by atoms with van der Waals surface area (Å²) in [5.41, 5.74) is 13.5. The Bertz CT molecular complexity index is 2820. The Morgan fingerprint density at radius 2 is 0.824 bits per heavy atom. The molecule has 10 rings (SSSR count). The molecule has 0 N–H and O–H groups in total. The van der Waals surface area contributed by atoms with Crippen molar-refractivity contribution in [1.29, 1.82) is 0 Å². The fourth-order valence-electron chi connectivity index (χ4n) is 7.43. The van der Waals surface area contributed by atoms with Crippen molar-refractivity contribution in [3.05, 3.63) is 188 Å². The second-order valence-corrected chi connectivity index (χ2v) is 12.9. The predicted molar refractivity (Wildman–Crippen MR) is 212 cm³/mol. The average molecular weight is 654 g/mol. The normalized spacial score (nSPS) is 11.5. The van der Waals surface area contributed by atoms with Gasteiger partial charge in [0.15, 0.2) is 0 Å². The van der Waals surface area contributed by atoms with E-state index in [2.05, 4.69) is 175 Å². The first kappa shape index (κ1) is 29.1. The minimum Gasteiger partial charge on any atom is -0.456 e. The molecule has 0 aliphatic heterocycles. The Morgan fingerprint density at radius 1 is 0.314 bits per heavy atom. The molecule has 3 nitrogen and oxygen atoms in total. The van der Waals surface area contributed by atoms with Crippen LogP contribution in [-0.4, -0.2) is 0 Å². The molecule has 240 valence electrons. The summed E-state index contributed by atoms with van der Waals surface area (Å²) in [6.07, 6.45) is 0. The smallest absolute Gasteiger partial charge is 0.144 e. The van der Waals surface area contributed by atoms with Gasteiger partial charge in [-0.1, -0.05) is 133 Å². The maximum Gasteiger partial charge on any atom is 0.144 e. The second-order valence-electron chi connectivity index (χ2n) is 12.9. The summed E-state index contributed by atoms with van der Waals surface area (Å²) in [5.74, 6) is 0. The van der Waals surface area contributed by atoms with E-state index in [1.807, 2.05) is 18.2 Å². The van der Waals surface area contributed by atoms with Gasteiger partial charge in [0.25, 0.3) is 0 Å². The highest BCUT2D eigenvalue weighted by molar-refractivity contribution is 6.23. The van der Waals surface area contributed by atoms with Crippen LogP contribution in [0.3, 0.4) is 0 Å². The van der Waals surface area contributed by atoms with Gasteiger partial charge in [0.05, 0.1) is 0 Å². The highest BCUT2D eigenvalue weighted by atomic mass is 16.3. The summed E-state index contributed by atoms with van der Waals surface area (Å²) < 4.78 is 13.4. The minimum atomic E-state index is 0.834. The molecule has 0 aliphatic carbocycles. The summed E-state index contributed by atoms with van der Waals surface area (Å²) in [6.45, 7) is 0. The summed E-state index contributed by atoms with van der Waals surface area (Å²) in [5, 5.41) is 4.20. The lowest BCUT2D eigenvalue weighted by Gasteiger charge is -2.25. The molecule has 0 bridgehead atoms. The molecule has 8 aromatic carbocycles. The van der Waals surface area contributed by atoms with E-state index >= 15 is 0 Å². The first-order valence-corrected chi connectivity index (χ1v) is 17.3. The number of benzene rings is 8. The van der Waals surface area contributed by atoms with Crippen LogP contribution in [0.25, 0.3) is 77.3 Å². The molecule has 2 aromatic heterocycles. The average Bonchev–Trinajstić information content (AvgIpc) is 3.76. The molecule has 0 spiro atoms. The van der Waals surface area contributed by atoms with Crippen molar-refractivity contribution in [2.45, 2.75) is 0 Å². The Kier molecular flexibility index (Phi) is 6.81. The number of hydrogen-bond acceptors (Lipinski definition) is 3. The molecule has 0 saturated heterocycles. The maximum atomic E-state index is 6.83. The number of fused-ring (bicyclic) bond motifs is 6. The van der Waals surface area contributed by atoms with Gasteiger partial charge in [-0.25, -0.2) is 0 Å². The molecule has 0 radical (unpaired) electrons. The van der Waals surface area contributed by atoms with Crippen molar-refractivity contribution < 1.29 is 8.83 Å². The molecule has 0 atom stereocenters. The molecule has 10 aromatic rings. The highest BCUT2D eigenvalue weighted by Gasteiger charge is 2.22. The highest BCUT2D eigenvalue weighted by Crippen LogP contribution is 2.46. The summed E-state index contributed by atoms with van der Waals surface area (Å²) >= 11 is 0. The molecule has 3 heteroatoms. The Hall–Kier alpha value is -6.84. The van der Waals surface area contributed by atoms with Gasteiger partial charge in [-0.2, -0.15) is 0 Å². The van der Waals surface area contributed by atoms with Crippen LogP contribution in [0.5, 0.6) is 0 Å². The van der Waals surface area contributed by atoms with Crippen molar-refractivity contribution in [2.75, 3.05) is 4.90 Å². The van der Waals surface area contributed by atoms with E-state index in [0.29, 0.717) is 0 Å². The second kappa shape index (κ2) is 11.9. The number of rotatable bonds is 6. The van der Waals surface area contributed by atoms with Crippen LogP contribution < -0.4 is 4.90 Å². The molecule has 0 saturated carbocycles. The molecule has 0 aliphatic rings. The lowest BCUT2D eigenvalue weighted by atomic mass is 9.95. The molecule has 2 heterocycles. The minimum absolute atomic E-state index is 0.834. The fourth-order valence-corrected chi connectivity index (χ4v) is 7.43. The predicted octanol–water partition coefficient (Wildman–Crippen LogP) is 14.0. The van der Waals surface area contributed by atoms with Gasteiger partial charge >= 0.3 is 0 Å². The van der Waals surface area contributed by atoms with Crippen LogP contribution in [0.2, 0.25) is 0 Å². The van der Waals surface area contributed by atoms with E-state index in [4.69, 9.17) is 8.83 Å². The zero-order chi connectivity index (χ0) is 33.7. The third-order valence-electron chi connectivity index (χ3n) is 9.87. The van der Waals surface area contributed by atoms with Gasteiger partial charge in [0, 0.05) is 44.2 Å². The van der Waals surface area contributed by atoms with E-state index in [9.17, 15) is 0 Å². The zero-order valence-corrected chi connectivity index (χ0v) is 27.7. The molecule has 0 unspecified atom stereocenters. The van der Waals surface area contributed by atoms with Gasteiger partial charge in [0.1, 0.15) is 22.3 Å². The fraction of sp³-hybridized carbons (Fsp3) is 0.